The van der Waals surface area contributed by atoms with E-state index in [1.165, 1.54) is 19.2 Å². The molecule has 116 valence electrons. The first-order chi connectivity index (χ1) is 10.6. The number of ether oxygens (including phenoxy) is 2. The minimum atomic E-state index is -0.902. The Bertz CT molecular complexity index is 644. The number of carbonyl (C=O) groups is 1. The Labute approximate surface area is 126 Å². The van der Waals surface area contributed by atoms with Gasteiger partial charge in [0.05, 0.1) is 12.8 Å². The monoisotopic (exact) mass is 307 g/mol. The van der Waals surface area contributed by atoms with Gasteiger partial charge in [0.25, 0.3) is 0 Å². The number of esters is 1. The molecule has 0 unspecified atom stereocenters. The molecule has 0 spiro atoms. The highest BCUT2D eigenvalue weighted by Crippen LogP contribution is 2.18. The molecule has 4 nitrogen and oxygen atoms in total. The average molecular weight is 307 g/mol. The second kappa shape index (κ2) is 7.40. The summed E-state index contributed by atoms with van der Waals surface area (Å²) in [5.41, 5.74) is 0.958. The van der Waals surface area contributed by atoms with Gasteiger partial charge in [-0.3, -0.25) is 0 Å². The van der Waals surface area contributed by atoms with Gasteiger partial charge in [0.1, 0.15) is 5.75 Å². The predicted octanol–water partition coefficient (Wildman–Crippen LogP) is 3.13. The maximum Gasteiger partial charge on any atom is 0.343 e. The van der Waals surface area contributed by atoms with Gasteiger partial charge in [0.2, 0.25) is 0 Å². The Morgan fingerprint density at radius 2 is 1.86 bits per heavy atom. The van der Waals surface area contributed by atoms with Gasteiger partial charge >= 0.3 is 5.97 Å². The fraction of sp³-hybridized carbons (Fsp3) is 0.188. The third-order valence-corrected chi connectivity index (χ3v) is 2.94. The largest absolute Gasteiger partial charge is 0.482 e. The summed E-state index contributed by atoms with van der Waals surface area (Å²) < 4.78 is 36.2. The summed E-state index contributed by atoms with van der Waals surface area (Å²) in [6.45, 7) is 0.167. The average Bonchev–Trinajstić information content (AvgIpc) is 2.55. The van der Waals surface area contributed by atoms with Gasteiger partial charge in [-0.1, -0.05) is 18.2 Å². The third kappa shape index (κ3) is 4.18. The molecule has 0 bridgehead atoms. The van der Waals surface area contributed by atoms with Crippen LogP contribution in [0.2, 0.25) is 0 Å². The lowest BCUT2D eigenvalue weighted by Gasteiger charge is -2.09. The molecule has 0 aliphatic rings. The molecule has 0 amide bonds. The number of rotatable bonds is 6. The maximum atomic E-state index is 13.5. The van der Waals surface area contributed by atoms with E-state index in [0.717, 1.165) is 11.6 Å². The standard InChI is InChI=1S/C16H15F2NO3/c1-21-15(20)10-22-12-7-5-11(6-8-12)9-19-14-4-2-3-13(17)16(14)18/h2-8,19H,9-10H2,1H3. The van der Waals surface area contributed by atoms with Crippen molar-refractivity contribution in [3.8, 4) is 5.75 Å². The van der Waals surface area contributed by atoms with E-state index in [-0.39, 0.29) is 12.3 Å². The summed E-state index contributed by atoms with van der Waals surface area (Å²) in [4.78, 5) is 10.9. The van der Waals surface area contributed by atoms with Crippen molar-refractivity contribution >= 4 is 11.7 Å². The van der Waals surface area contributed by atoms with Crippen LogP contribution in [0, 0.1) is 11.6 Å². The minimum Gasteiger partial charge on any atom is -0.482 e. The second-order valence-corrected chi connectivity index (χ2v) is 4.46. The van der Waals surface area contributed by atoms with Crippen LogP contribution in [0.25, 0.3) is 0 Å². The van der Waals surface area contributed by atoms with Crippen molar-refractivity contribution in [3.63, 3.8) is 0 Å². The van der Waals surface area contributed by atoms with Crippen molar-refractivity contribution in [2.75, 3.05) is 19.0 Å². The summed E-state index contributed by atoms with van der Waals surface area (Å²) in [5, 5.41) is 2.82. The quantitative estimate of drug-likeness (QED) is 0.833. The third-order valence-electron chi connectivity index (χ3n) is 2.94. The van der Waals surface area contributed by atoms with Crippen molar-refractivity contribution in [2.45, 2.75) is 6.54 Å². The SMILES string of the molecule is COC(=O)COc1ccc(CNc2cccc(F)c2F)cc1. The molecule has 0 fully saturated rings. The molecule has 0 atom stereocenters. The summed E-state index contributed by atoms with van der Waals surface area (Å²) in [6.07, 6.45) is 0. The van der Waals surface area contributed by atoms with E-state index < -0.39 is 17.6 Å². The molecule has 0 aliphatic carbocycles. The van der Waals surface area contributed by atoms with Gasteiger partial charge in [-0.05, 0) is 29.8 Å². The molecule has 2 aromatic rings. The fourth-order valence-corrected chi connectivity index (χ4v) is 1.74. The van der Waals surface area contributed by atoms with Gasteiger partial charge in [0, 0.05) is 6.54 Å². The van der Waals surface area contributed by atoms with Crippen molar-refractivity contribution in [2.24, 2.45) is 0 Å². The van der Waals surface area contributed by atoms with E-state index >= 15 is 0 Å². The lowest BCUT2D eigenvalue weighted by Crippen LogP contribution is -2.12. The van der Waals surface area contributed by atoms with Crippen LogP contribution in [-0.4, -0.2) is 19.7 Å². The number of benzene rings is 2. The summed E-state index contributed by atoms with van der Waals surface area (Å²) >= 11 is 0. The Kier molecular flexibility index (Phi) is 5.30. The van der Waals surface area contributed by atoms with E-state index in [9.17, 15) is 13.6 Å². The molecular weight excluding hydrogens is 292 g/mol. The molecule has 0 aliphatic heterocycles. The summed E-state index contributed by atoms with van der Waals surface area (Å²) in [5.74, 6) is -1.74. The van der Waals surface area contributed by atoms with E-state index in [1.807, 2.05) is 0 Å². The molecular formula is C16H15F2NO3. The van der Waals surface area contributed by atoms with Crippen molar-refractivity contribution in [1.29, 1.82) is 0 Å². The highest BCUT2D eigenvalue weighted by Gasteiger charge is 2.07. The number of carbonyl (C=O) groups excluding carboxylic acids is 1. The molecule has 0 saturated carbocycles. The van der Waals surface area contributed by atoms with E-state index in [1.54, 1.807) is 24.3 Å². The molecule has 0 aromatic heterocycles. The molecule has 0 saturated heterocycles. The molecule has 2 rings (SSSR count). The van der Waals surface area contributed by atoms with Crippen LogP contribution < -0.4 is 10.1 Å². The van der Waals surface area contributed by atoms with Crippen LogP contribution >= 0.6 is 0 Å². The predicted molar refractivity (Wildman–Crippen MR) is 77.6 cm³/mol. The van der Waals surface area contributed by atoms with Crippen LogP contribution in [0.15, 0.2) is 42.5 Å². The van der Waals surface area contributed by atoms with Gasteiger partial charge < -0.3 is 14.8 Å². The van der Waals surface area contributed by atoms with E-state index in [0.29, 0.717) is 12.3 Å². The molecule has 2 aromatic carbocycles. The Hall–Kier alpha value is -2.63. The topological polar surface area (TPSA) is 47.6 Å². The van der Waals surface area contributed by atoms with Crippen molar-refractivity contribution < 1.29 is 23.0 Å². The van der Waals surface area contributed by atoms with Gasteiger partial charge in [-0.25, -0.2) is 13.6 Å². The smallest absolute Gasteiger partial charge is 0.343 e. The zero-order valence-electron chi connectivity index (χ0n) is 11.9. The molecule has 1 N–H and O–H groups in total. The lowest BCUT2D eigenvalue weighted by molar-refractivity contribution is -0.142. The first-order valence-electron chi connectivity index (χ1n) is 6.56. The number of hydrogen-bond acceptors (Lipinski definition) is 4. The molecule has 0 heterocycles. The van der Waals surface area contributed by atoms with Gasteiger partial charge in [0.15, 0.2) is 18.2 Å². The number of methoxy groups -OCH3 is 1. The zero-order chi connectivity index (χ0) is 15.9. The first-order valence-corrected chi connectivity index (χ1v) is 6.56. The van der Waals surface area contributed by atoms with Crippen LogP contribution in [0.4, 0.5) is 14.5 Å². The number of anilines is 1. The van der Waals surface area contributed by atoms with Crippen molar-refractivity contribution in [1.82, 2.24) is 0 Å². The number of halogens is 2. The van der Waals surface area contributed by atoms with Crippen LogP contribution in [0.1, 0.15) is 5.56 Å². The van der Waals surface area contributed by atoms with Crippen LogP contribution in [-0.2, 0) is 16.1 Å². The zero-order valence-corrected chi connectivity index (χ0v) is 11.9. The van der Waals surface area contributed by atoms with Gasteiger partial charge in [-0.15, -0.1) is 0 Å². The molecule has 22 heavy (non-hydrogen) atoms. The first kappa shape index (κ1) is 15.8. The normalized spacial score (nSPS) is 10.1. The summed E-state index contributed by atoms with van der Waals surface area (Å²) in [7, 11) is 1.28. The second-order valence-electron chi connectivity index (χ2n) is 4.46. The van der Waals surface area contributed by atoms with Crippen molar-refractivity contribution in [3.05, 3.63) is 59.7 Å². The molecule has 0 radical (unpaired) electrons. The minimum absolute atomic E-state index is 0.103. The van der Waals surface area contributed by atoms with E-state index in [2.05, 4.69) is 10.1 Å². The molecule has 6 heteroatoms. The summed E-state index contributed by atoms with van der Waals surface area (Å²) in [6, 6.07) is 10.8. The van der Waals surface area contributed by atoms with Gasteiger partial charge in [-0.2, -0.15) is 0 Å². The van der Waals surface area contributed by atoms with Crippen LogP contribution in [0.5, 0.6) is 5.75 Å². The Morgan fingerprint density at radius 1 is 1.14 bits per heavy atom. The van der Waals surface area contributed by atoms with Crippen LogP contribution in [0.3, 0.4) is 0 Å². The Balaban J connectivity index is 1.91. The number of hydrogen-bond donors (Lipinski definition) is 1. The Morgan fingerprint density at radius 3 is 2.55 bits per heavy atom. The highest BCUT2D eigenvalue weighted by atomic mass is 19.2. The lowest BCUT2D eigenvalue weighted by atomic mass is 10.2. The highest BCUT2D eigenvalue weighted by molar-refractivity contribution is 5.70. The number of nitrogens with one attached hydrogen (secondary N) is 1. The fourth-order valence-electron chi connectivity index (χ4n) is 1.74. The maximum absolute atomic E-state index is 13.5. The van der Waals surface area contributed by atoms with E-state index in [4.69, 9.17) is 4.74 Å².